The zero-order chi connectivity index (χ0) is 20.2. The molecule has 1 rings (SSSR count). The van der Waals surface area contributed by atoms with Gasteiger partial charge in [-0.3, -0.25) is 0 Å². The molecule has 0 atom stereocenters. The molecule has 156 valence electrons. The molecule has 8 heteroatoms. The van der Waals surface area contributed by atoms with Gasteiger partial charge in [0.2, 0.25) is 0 Å². The van der Waals surface area contributed by atoms with Crippen LogP contribution in [0.2, 0.25) is 0 Å². The van der Waals surface area contributed by atoms with Crippen LogP contribution in [0.3, 0.4) is 0 Å². The first kappa shape index (κ1) is 25.2. The zero-order valence-electron chi connectivity index (χ0n) is 15.7. The summed E-state index contributed by atoms with van der Waals surface area (Å²) in [6.45, 7) is 5.60. The van der Waals surface area contributed by atoms with E-state index < -0.39 is 7.81 Å². The third-order valence-electron chi connectivity index (χ3n) is 3.83. The van der Waals surface area contributed by atoms with Gasteiger partial charge in [-0.25, -0.2) is 4.57 Å². The molecule has 0 saturated carbocycles. The van der Waals surface area contributed by atoms with E-state index in [2.05, 4.69) is 42.9 Å². The predicted octanol–water partition coefficient (Wildman–Crippen LogP) is 8.59. The van der Waals surface area contributed by atoms with E-state index in [1.165, 1.54) is 76.3 Å². The molecule has 0 unspecified atom stereocenters. The van der Waals surface area contributed by atoms with Gasteiger partial charge in [0.05, 0.1) is 0 Å². The van der Waals surface area contributed by atoms with Crippen molar-refractivity contribution in [3.05, 3.63) is 30.1 Å². The maximum absolute atomic E-state index is 10.7. The molecule has 0 bridgehead atoms. The molecule has 1 nitrogen and oxygen atoms in total. The van der Waals surface area contributed by atoms with Crippen LogP contribution in [0, 0.1) is 6.92 Å². The van der Waals surface area contributed by atoms with Gasteiger partial charge >= 0.3 is 33.0 Å². The Morgan fingerprint density at radius 1 is 0.692 bits per heavy atom. The van der Waals surface area contributed by atoms with Gasteiger partial charge in [0.25, 0.3) is 0 Å². The van der Waals surface area contributed by atoms with Gasteiger partial charge in [0.1, 0.15) is 6.54 Å². The average molecular weight is 407 g/mol. The van der Waals surface area contributed by atoms with E-state index in [9.17, 15) is 25.2 Å². The Labute approximate surface area is 153 Å². The summed E-state index contributed by atoms with van der Waals surface area (Å²) in [6, 6.07) is 4.38. The fraction of sp³-hybridized carbons (Fsp3) is 0.722. The number of unbranched alkanes of at least 4 members (excludes halogenated alkanes) is 9. The van der Waals surface area contributed by atoms with E-state index in [1.54, 1.807) is 0 Å². The number of hydrogen-bond donors (Lipinski definition) is 0. The summed E-state index contributed by atoms with van der Waals surface area (Å²) in [6.07, 6.45) is 18.5. The Balaban J connectivity index is 0.000000758. The van der Waals surface area contributed by atoms with Gasteiger partial charge < -0.3 is 0 Å². The average Bonchev–Trinajstić information content (AvgIpc) is 2.48. The molecular formula is C18H32F6NP. The van der Waals surface area contributed by atoms with E-state index in [4.69, 9.17) is 0 Å². The van der Waals surface area contributed by atoms with Crippen LogP contribution in [0.1, 0.15) is 76.7 Å². The van der Waals surface area contributed by atoms with Gasteiger partial charge in [-0.15, -0.1) is 0 Å². The van der Waals surface area contributed by atoms with Crippen molar-refractivity contribution < 1.29 is 29.7 Å². The minimum atomic E-state index is -10.7. The Kier molecular flexibility index (Phi) is 10.1. The first-order valence-corrected chi connectivity index (χ1v) is 11.3. The van der Waals surface area contributed by atoms with Crippen molar-refractivity contribution in [1.82, 2.24) is 0 Å². The van der Waals surface area contributed by atoms with Crippen molar-refractivity contribution in [3.63, 3.8) is 0 Å². The van der Waals surface area contributed by atoms with Gasteiger partial charge in [-0.2, -0.15) is 0 Å². The molecule has 1 heterocycles. The normalized spacial score (nSPS) is 14.2. The molecule has 0 aliphatic rings. The van der Waals surface area contributed by atoms with Crippen LogP contribution in [0.25, 0.3) is 0 Å². The number of hydrogen-bond acceptors (Lipinski definition) is 0. The summed E-state index contributed by atoms with van der Waals surface area (Å²) in [4.78, 5) is 0. The van der Waals surface area contributed by atoms with Crippen molar-refractivity contribution in [2.45, 2.75) is 84.6 Å². The number of nitrogens with zero attached hydrogens (tertiary/aromatic N) is 1. The molecule has 0 fully saturated rings. The second-order valence-corrected chi connectivity index (χ2v) is 8.67. The van der Waals surface area contributed by atoms with Gasteiger partial charge in [0, 0.05) is 18.6 Å². The molecule has 1 aromatic rings. The van der Waals surface area contributed by atoms with Gasteiger partial charge in [-0.1, -0.05) is 58.3 Å². The van der Waals surface area contributed by atoms with E-state index in [0.717, 1.165) is 0 Å². The summed E-state index contributed by atoms with van der Waals surface area (Å²) in [5.41, 5.74) is 1.35. The molecule has 0 aliphatic heterocycles. The maximum atomic E-state index is 9.87. The van der Waals surface area contributed by atoms with Crippen LogP contribution >= 0.6 is 7.81 Å². The van der Waals surface area contributed by atoms with Crippen LogP contribution in [0.4, 0.5) is 25.2 Å². The molecule has 0 N–H and O–H groups in total. The molecular weight excluding hydrogens is 375 g/mol. The summed E-state index contributed by atoms with van der Waals surface area (Å²) >= 11 is 0. The monoisotopic (exact) mass is 407 g/mol. The van der Waals surface area contributed by atoms with Gasteiger partial charge in [0.15, 0.2) is 12.4 Å². The fourth-order valence-electron chi connectivity index (χ4n) is 2.46. The predicted molar refractivity (Wildman–Crippen MR) is 96.8 cm³/mol. The summed E-state index contributed by atoms with van der Waals surface area (Å²) in [7, 11) is -10.7. The number of aromatic nitrogens is 1. The standard InChI is InChI=1S/C18H32N.F6P/c1-3-4-5-6-7-8-9-10-11-12-15-19-16-13-18(2)14-17-19;1-7(2,3,4,5)6/h13-14,16-17H,3-12,15H2,1-2H3;/q+1;-1. The minimum absolute atomic E-state index is 1.18. The molecule has 0 spiro atoms. The third-order valence-corrected chi connectivity index (χ3v) is 3.83. The fourth-order valence-corrected chi connectivity index (χ4v) is 2.46. The SMILES string of the molecule is CCCCCCCCCCCC[n+]1ccc(C)cc1.F[P-](F)(F)(F)(F)F. The Morgan fingerprint density at radius 2 is 1.04 bits per heavy atom. The second-order valence-electron chi connectivity index (χ2n) is 6.75. The molecule has 0 saturated heterocycles. The first-order chi connectivity index (χ1) is 11.8. The number of aryl methyl sites for hydroxylation is 2. The Hall–Kier alpha value is -0.840. The second kappa shape index (κ2) is 10.5. The van der Waals surface area contributed by atoms with Crippen LogP contribution in [0.15, 0.2) is 24.5 Å². The van der Waals surface area contributed by atoms with Crippen LogP contribution in [-0.4, -0.2) is 0 Å². The summed E-state index contributed by atoms with van der Waals surface area (Å²) in [5.74, 6) is 0. The molecule has 0 amide bonds. The van der Waals surface area contributed by atoms with Gasteiger partial charge in [-0.05, 0) is 18.9 Å². The zero-order valence-corrected chi connectivity index (χ0v) is 16.6. The van der Waals surface area contributed by atoms with Crippen molar-refractivity contribution in [2.75, 3.05) is 0 Å². The van der Waals surface area contributed by atoms with Crippen molar-refractivity contribution in [3.8, 4) is 0 Å². The van der Waals surface area contributed by atoms with E-state index in [-0.39, 0.29) is 0 Å². The first-order valence-electron chi connectivity index (χ1n) is 9.30. The molecule has 26 heavy (non-hydrogen) atoms. The van der Waals surface area contributed by atoms with E-state index >= 15 is 0 Å². The topological polar surface area (TPSA) is 3.88 Å². The van der Waals surface area contributed by atoms with Crippen LogP contribution in [0.5, 0.6) is 0 Å². The van der Waals surface area contributed by atoms with Crippen LogP contribution < -0.4 is 4.57 Å². The summed E-state index contributed by atoms with van der Waals surface area (Å²) in [5, 5.41) is 0. The summed E-state index contributed by atoms with van der Waals surface area (Å²) < 4.78 is 61.5. The molecule has 0 radical (unpaired) electrons. The van der Waals surface area contributed by atoms with E-state index in [1.807, 2.05) is 0 Å². The number of pyridine rings is 1. The molecule has 0 aliphatic carbocycles. The molecule has 0 aromatic carbocycles. The Morgan fingerprint density at radius 3 is 1.42 bits per heavy atom. The van der Waals surface area contributed by atoms with Crippen molar-refractivity contribution >= 4 is 7.81 Å². The van der Waals surface area contributed by atoms with Crippen LogP contribution in [-0.2, 0) is 6.54 Å². The van der Waals surface area contributed by atoms with Crippen molar-refractivity contribution in [1.29, 1.82) is 0 Å². The Bertz CT molecular complexity index is 472. The number of rotatable bonds is 11. The van der Waals surface area contributed by atoms with Crippen molar-refractivity contribution in [2.24, 2.45) is 0 Å². The number of halogens is 6. The third kappa shape index (κ3) is 25.4. The molecule has 1 aromatic heterocycles. The quantitative estimate of drug-likeness (QED) is 0.150. The van der Waals surface area contributed by atoms with E-state index in [0.29, 0.717) is 0 Å².